The number of hydrazone groups is 1. The monoisotopic (exact) mass is 369 g/mol. The molecule has 26 heavy (non-hydrogen) atoms. The number of furan rings is 1. The van der Waals surface area contributed by atoms with Crippen LogP contribution >= 0.6 is 11.6 Å². The van der Waals surface area contributed by atoms with E-state index in [1.54, 1.807) is 6.07 Å². The molecule has 0 aliphatic rings. The normalized spacial score (nSPS) is 10.8. The second-order valence-corrected chi connectivity index (χ2v) is 5.52. The first-order valence-electron chi connectivity index (χ1n) is 7.48. The van der Waals surface area contributed by atoms with Gasteiger partial charge in [0, 0.05) is 11.6 Å². The smallest absolute Gasteiger partial charge is 0.282 e. The minimum absolute atomic E-state index is 0.0853. The Labute approximate surface area is 153 Å². The van der Waals surface area contributed by atoms with Crippen LogP contribution in [-0.4, -0.2) is 17.0 Å². The van der Waals surface area contributed by atoms with Gasteiger partial charge in [-0.05, 0) is 23.7 Å². The molecule has 1 heterocycles. The van der Waals surface area contributed by atoms with Gasteiger partial charge in [0.15, 0.2) is 0 Å². The number of nitro benzene ring substituents is 1. The van der Waals surface area contributed by atoms with Crippen LogP contribution in [-0.2, 0) is 0 Å². The summed E-state index contributed by atoms with van der Waals surface area (Å²) in [5.74, 6) is -0.140. The van der Waals surface area contributed by atoms with Gasteiger partial charge < -0.3 is 4.42 Å². The lowest BCUT2D eigenvalue weighted by Gasteiger charge is -2.00. The zero-order valence-corrected chi connectivity index (χ0v) is 14.0. The lowest BCUT2D eigenvalue weighted by molar-refractivity contribution is -0.385. The predicted molar refractivity (Wildman–Crippen MR) is 97.3 cm³/mol. The molecule has 0 radical (unpaired) electrons. The van der Waals surface area contributed by atoms with Crippen molar-refractivity contribution >= 4 is 29.4 Å². The first-order chi connectivity index (χ1) is 12.6. The van der Waals surface area contributed by atoms with Crippen molar-refractivity contribution in [1.29, 1.82) is 0 Å². The van der Waals surface area contributed by atoms with Crippen LogP contribution in [0.15, 0.2) is 70.2 Å². The number of nitro groups is 1. The Hall–Kier alpha value is -3.45. The Morgan fingerprint density at radius 3 is 2.58 bits per heavy atom. The fourth-order valence-corrected chi connectivity index (χ4v) is 2.45. The molecule has 0 atom stereocenters. The summed E-state index contributed by atoms with van der Waals surface area (Å²) in [5.41, 5.74) is 3.17. The number of carbonyl (C=O) groups is 1. The molecule has 3 aromatic rings. The molecule has 2 aromatic carbocycles. The van der Waals surface area contributed by atoms with E-state index in [1.165, 1.54) is 30.5 Å². The van der Waals surface area contributed by atoms with Gasteiger partial charge in [0.2, 0.25) is 5.22 Å². The number of rotatable bonds is 5. The van der Waals surface area contributed by atoms with Crippen molar-refractivity contribution in [3.05, 3.63) is 87.1 Å². The highest BCUT2D eigenvalue weighted by atomic mass is 35.5. The summed E-state index contributed by atoms with van der Waals surface area (Å²) in [6.07, 6.45) is 1.31. The van der Waals surface area contributed by atoms with Crippen molar-refractivity contribution in [1.82, 2.24) is 5.43 Å². The van der Waals surface area contributed by atoms with Gasteiger partial charge in [-0.15, -0.1) is 0 Å². The topological polar surface area (TPSA) is 97.7 Å². The number of hydrogen-bond donors (Lipinski definition) is 1. The molecule has 0 fully saturated rings. The summed E-state index contributed by atoms with van der Waals surface area (Å²) in [5, 5.41) is 14.9. The highest BCUT2D eigenvalue weighted by molar-refractivity contribution is 6.31. The maximum atomic E-state index is 12.1. The molecule has 0 saturated carbocycles. The van der Waals surface area contributed by atoms with E-state index in [9.17, 15) is 14.9 Å². The van der Waals surface area contributed by atoms with Crippen molar-refractivity contribution < 1.29 is 14.1 Å². The van der Waals surface area contributed by atoms with E-state index >= 15 is 0 Å². The number of halogens is 1. The van der Waals surface area contributed by atoms with Crippen molar-refractivity contribution in [2.75, 3.05) is 0 Å². The van der Waals surface area contributed by atoms with Gasteiger partial charge in [0.25, 0.3) is 11.6 Å². The molecule has 8 heteroatoms. The van der Waals surface area contributed by atoms with Gasteiger partial charge in [-0.3, -0.25) is 14.9 Å². The first kappa shape index (κ1) is 17.4. The molecule has 1 N–H and O–H groups in total. The highest BCUT2D eigenvalue weighted by Crippen LogP contribution is 2.27. The van der Waals surface area contributed by atoms with Gasteiger partial charge >= 0.3 is 0 Å². The van der Waals surface area contributed by atoms with Crippen LogP contribution in [0.4, 0.5) is 5.69 Å². The van der Waals surface area contributed by atoms with Crippen molar-refractivity contribution in [2.45, 2.75) is 0 Å². The number of amides is 1. The number of hydrogen-bond acceptors (Lipinski definition) is 5. The Morgan fingerprint density at radius 1 is 1.15 bits per heavy atom. The predicted octanol–water partition coefficient (Wildman–Crippen LogP) is 4.27. The van der Waals surface area contributed by atoms with Crippen molar-refractivity contribution in [2.24, 2.45) is 5.10 Å². The van der Waals surface area contributed by atoms with Crippen LogP contribution in [0.5, 0.6) is 0 Å². The lowest BCUT2D eigenvalue weighted by atomic mass is 10.1. The molecule has 0 spiro atoms. The van der Waals surface area contributed by atoms with E-state index in [0.717, 1.165) is 5.56 Å². The zero-order chi connectivity index (χ0) is 18.5. The van der Waals surface area contributed by atoms with E-state index in [0.29, 0.717) is 11.3 Å². The van der Waals surface area contributed by atoms with Gasteiger partial charge in [0.1, 0.15) is 11.3 Å². The molecule has 3 rings (SSSR count). The number of carbonyl (C=O) groups excluding carboxylic acids is 1. The lowest BCUT2D eigenvalue weighted by Crippen LogP contribution is -2.18. The van der Waals surface area contributed by atoms with Crippen LogP contribution < -0.4 is 5.43 Å². The highest BCUT2D eigenvalue weighted by Gasteiger charge is 2.18. The Morgan fingerprint density at radius 2 is 1.85 bits per heavy atom. The largest absolute Gasteiger partial charge is 0.444 e. The fraction of sp³-hybridized carbons (Fsp3) is 0. The summed E-state index contributed by atoms with van der Waals surface area (Å²) in [7, 11) is 0. The van der Waals surface area contributed by atoms with Crippen molar-refractivity contribution in [3.63, 3.8) is 0 Å². The van der Waals surface area contributed by atoms with Gasteiger partial charge in [0.05, 0.1) is 16.7 Å². The summed E-state index contributed by atoms with van der Waals surface area (Å²) in [6.45, 7) is 0. The molecule has 1 amide bonds. The van der Waals surface area contributed by atoms with Gasteiger partial charge in [-0.2, -0.15) is 5.10 Å². The third-order valence-corrected chi connectivity index (χ3v) is 3.78. The molecule has 7 nitrogen and oxygen atoms in total. The average Bonchev–Trinajstić information content (AvgIpc) is 3.03. The Kier molecular flexibility index (Phi) is 5.09. The van der Waals surface area contributed by atoms with E-state index < -0.39 is 10.8 Å². The summed E-state index contributed by atoms with van der Waals surface area (Å²) < 4.78 is 5.47. The second-order valence-electron chi connectivity index (χ2n) is 5.18. The minimum Gasteiger partial charge on any atom is -0.444 e. The molecular weight excluding hydrogens is 358 g/mol. The van der Waals surface area contributed by atoms with E-state index in [2.05, 4.69) is 10.5 Å². The number of para-hydroxylation sites is 1. The van der Waals surface area contributed by atoms with E-state index in [-0.39, 0.29) is 16.5 Å². The zero-order valence-electron chi connectivity index (χ0n) is 13.3. The molecule has 0 aliphatic carbocycles. The number of benzene rings is 2. The van der Waals surface area contributed by atoms with Gasteiger partial charge in [-0.1, -0.05) is 42.5 Å². The molecule has 1 aromatic heterocycles. The second kappa shape index (κ2) is 7.62. The van der Waals surface area contributed by atoms with Crippen LogP contribution in [0, 0.1) is 10.1 Å². The Bertz CT molecular complexity index is 983. The minimum atomic E-state index is -0.698. The standard InChI is InChI=1S/C18H12ClN3O4/c19-17-13(10-16(26-17)12-6-2-1-3-7-12)11-20-21-18(23)14-8-4-5-9-15(14)22(24)25/h1-11H,(H,21,23)/b20-11-. The van der Waals surface area contributed by atoms with Crippen LogP contribution in [0.3, 0.4) is 0 Å². The maximum Gasteiger partial charge on any atom is 0.282 e. The van der Waals surface area contributed by atoms with Gasteiger partial charge in [-0.25, -0.2) is 5.43 Å². The van der Waals surface area contributed by atoms with Crippen molar-refractivity contribution in [3.8, 4) is 11.3 Å². The fourth-order valence-electron chi connectivity index (χ4n) is 2.26. The third kappa shape index (κ3) is 3.79. The average molecular weight is 370 g/mol. The summed E-state index contributed by atoms with van der Waals surface area (Å²) >= 11 is 6.03. The van der Waals surface area contributed by atoms with Crippen LogP contribution in [0.1, 0.15) is 15.9 Å². The molecular formula is C18H12ClN3O4. The summed E-state index contributed by atoms with van der Waals surface area (Å²) in [6, 6.07) is 16.6. The van der Waals surface area contributed by atoms with E-state index in [4.69, 9.17) is 16.0 Å². The van der Waals surface area contributed by atoms with E-state index in [1.807, 2.05) is 30.3 Å². The Balaban J connectivity index is 1.75. The first-order valence-corrected chi connectivity index (χ1v) is 7.85. The molecule has 130 valence electrons. The molecule has 0 bridgehead atoms. The number of nitrogens with zero attached hydrogens (tertiary/aromatic N) is 2. The summed E-state index contributed by atoms with van der Waals surface area (Å²) in [4.78, 5) is 22.4. The maximum absolute atomic E-state index is 12.1. The SMILES string of the molecule is O=C(N/N=C\c1cc(-c2ccccc2)oc1Cl)c1ccccc1[N+](=O)[O-]. The number of nitrogens with one attached hydrogen (secondary N) is 1. The molecule has 0 unspecified atom stereocenters. The molecule has 0 saturated heterocycles. The van der Waals surface area contributed by atoms with Crippen LogP contribution in [0.25, 0.3) is 11.3 Å². The quantitative estimate of drug-likeness (QED) is 0.412. The third-order valence-electron chi connectivity index (χ3n) is 3.49. The molecule has 0 aliphatic heterocycles. The van der Waals surface area contributed by atoms with Crippen LogP contribution in [0.2, 0.25) is 5.22 Å².